The molecule has 0 saturated heterocycles. The molecule has 0 N–H and O–H groups in total. The van der Waals surface area contributed by atoms with E-state index in [2.05, 4.69) is 0 Å². The number of hydrogen-bond donors (Lipinski definition) is 0. The summed E-state index contributed by atoms with van der Waals surface area (Å²) in [6.45, 7) is 5.06. The number of carbonyl (C=O) groups excluding carboxylic acids is 1. The van der Waals surface area contributed by atoms with Crippen molar-refractivity contribution < 1.29 is 9.53 Å². The average Bonchev–Trinajstić information content (AvgIpc) is 2.46. The smallest absolute Gasteiger partial charge is 0.246 e. The van der Waals surface area contributed by atoms with Gasteiger partial charge in [-0.05, 0) is 13.3 Å². The summed E-state index contributed by atoms with van der Waals surface area (Å²) in [6, 6.07) is 0. The molecule has 0 atom stereocenters. The van der Waals surface area contributed by atoms with Crippen molar-refractivity contribution in [3.63, 3.8) is 0 Å². The van der Waals surface area contributed by atoms with Crippen LogP contribution >= 0.6 is 0 Å². The highest BCUT2D eigenvalue weighted by Gasteiger charge is 2.12. The molecule has 0 fully saturated rings. The van der Waals surface area contributed by atoms with Crippen molar-refractivity contribution in [3.05, 3.63) is 12.2 Å². The van der Waals surface area contributed by atoms with Gasteiger partial charge in [-0.2, -0.15) is 0 Å². The number of nitrogens with zero attached hydrogens (tertiary/aromatic N) is 1. The van der Waals surface area contributed by atoms with Gasteiger partial charge in [-0.1, -0.05) is 6.08 Å². The standard InChI is InChI=1S/C9H15NO2/c1-2-12-8-4-7-10-6-3-5-9(10)11/h3,5H,2,4,6-8H2,1H3. The minimum Gasteiger partial charge on any atom is -0.382 e. The molecule has 3 nitrogen and oxygen atoms in total. The van der Waals surface area contributed by atoms with Gasteiger partial charge in [-0.3, -0.25) is 4.79 Å². The van der Waals surface area contributed by atoms with E-state index in [0.717, 1.165) is 32.7 Å². The Morgan fingerprint density at radius 2 is 2.50 bits per heavy atom. The van der Waals surface area contributed by atoms with Gasteiger partial charge in [0.1, 0.15) is 0 Å². The zero-order chi connectivity index (χ0) is 8.81. The lowest BCUT2D eigenvalue weighted by molar-refractivity contribution is -0.124. The molecule has 0 bridgehead atoms. The Bertz CT molecular complexity index is 177. The Morgan fingerprint density at radius 3 is 3.08 bits per heavy atom. The minimum atomic E-state index is 0.131. The van der Waals surface area contributed by atoms with Crippen molar-refractivity contribution in [1.82, 2.24) is 4.90 Å². The van der Waals surface area contributed by atoms with Gasteiger partial charge in [-0.15, -0.1) is 0 Å². The van der Waals surface area contributed by atoms with E-state index < -0.39 is 0 Å². The molecule has 1 heterocycles. The Hall–Kier alpha value is -0.830. The Labute approximate surface area is 73.0 Å². The molecule has 0 aromatic rings. The predicted octanol–water partition coefficient (Wildman–Crippen LogP) is 0.811. The molecule has 1 amide bonds. The molecule has 3 heteroatoms. The van der Waals surface area contributed by atoms with Gasteiger partial charge in [0, 0.05) is 32.4 Å². The summed E-state index contributed by atoms with van der Waals surface area (Å²) in [5, 5.41) is 0. The summed E-state index contributed by atoms with van der Waals surface area (Å²) in [4.78, 5) is 12.9. The molecule has 0 radical (unpaired) electrons. The molecule has 0 aromatic heterocycles. The lowest BCUT2D eigenvalue weighted by Gasteiger charge is -2.14. The Morgan fingerprint density at radius 1 is 1.67 bits per heavy atom. The SMILES string of the molecule is CCOCCCN1CC=CC1=O. The molecule has 0 saturated carbocycles. The summed E-state index contributed by atoms with van der Waals surface area (Å²) >= 11 is 0. The second-order valence-corrected chi connectivity index (χ2v) is 2.74. The van der Waals surface area contributed by atoms with Gasteiger partial charge in [0.15, 0.2) is 0 Å². The van der Waals surface area contributed by atoms with E-state index in [1.165, 1.54) is 0 Å². The normalized spacial score (nSPS) is 16.1. The first-order chi connectivity index (χ1) is 5.84. The van der Waals surface area contributed by atoms with E-state index in [0.29, 0.717) is 0 Å². The zero-order valence-corrected chi connectivity index (χ0v) is 7.45. The topological polar surface area (TPSA) is 29.5 Å². The first-order valence-electron chi connectivity index (χ1n) is 4.37. The number of amides is 1. The third-order valence-corrected chi connectivity index (χ3v) is 1.82. The maximum atomic E-state index is 11.0. The second kappa shape index (κ2) is 4.93. The lowest BCUT2D eigenvalue weighted by Crippen LogP contribution is -2.27. The van der Waals surface area contributed by atoms with Crippen molar-refractivity contribution in [3.8, 4) is 0 Å². The van der Waals surface area contributed by atoms with Crippen LogP contribution in [-0.4, -0.2) is 37.1 Å². The van der Waals surface area contributed by atoms with Crippen LogP contribution < -0.4 is 0 Å². The van der Waals surface area contributed by atoms with Crippen LogP contribution in [0.2, 0.25) is 0 Å². The number of hydrogen-bond acceptors (Lipinski definition) is 2. The molecule has 1 aliphatic rings. The molecule has 0 spiro atoms. The fourth-order valence-electron chi connectivity index (χ4n) is 1.18. The zero-order valence-electron chi connectivity index (χ0n) is 7.45. The minimum absolute atomic E-state index is 0.131. The summed E-state index contributed by atoms with van der Waals surface area (Å²) in [6.07, 6.45) is 4.45. The van der Waals surface area contributed by atoms with Gasteiger partial charge in [-0.25, -0.2) is 0 Å². The highest BCUT2D eigenvalue weighted by molar-refractivity contribution is 5.89. The summed E-state index contributed by atoms with van der Waals surface area (Å²) in [7, 11) is 0. The van der Waals surface area contributed by atoms with Crippen molar-refractivity contribution in [2.75, 3.05) is 26.3 Å². The fraction of sp³-hybridized carbons (Fsp3) is 0.667. The largest absolute Gasteiger partial charge is 0.382 e. The van der Waals surface area contributed by atoms with Gasteiger partial charge in [0.2, 0.25) is 5.91 Å². The molecule has 1 aliphatic heterocycles. The summed E-state index contributed by atoms with van der Waals surface area (Å²) in [5.74, 6) is 0.131. The molecule has 12 heavy (non-hydrogen) atoms. The van der Waals surface area contributed by atoms with Gasteiger partial charge in [0.25, 0.3) is 0 Å². The average molecular weight is 169 g/mol. The molecule has 0 aromatic carbocycles. The van der Waals surface area contributed by atoms with Crippen molar-refractivity contribution >= 4 is 5.91 Å². The van der Waals surface area contributed by atoms with Crippen LogP contribution in [0.5, 0.6) is 0 Å². The van der Waals surface area contributed by atoms with E-state index in [-0.39, 0.29) is 5.91 Å². The molecular weight excluding hydrogens is 154 g/mol. The van der Waals surface area contributed by atoms with Crippen LogP contribution in [0.25, 0.3) is 0 Å². The molecular formula is C9H15NO2. The van der Waals surface area contributed by atoms with Crippen molar-refractivity contribution in [2.45, 2.75) is 13.3 Å². The van der Waals surface area contributed by atoms with Crippen LogP contribution in [0, 0.1) is 0 Å². The lowest BCUT2D eigenvalue weighted by atomic mass is 10.4. The molecule has 0 unspecified atom stereocenters. The number of rotatable bonds is 5. The van der Waals surface area contributed by atoms with E-state index in [9.17, 15) is 4.79 Å². The molecule has 68 valence electrons. The first-order valence-corrected chi connectivity index (χ1v) is 4.37. The maximum absolute atomic E-state index is 11.0. The van der Waals surface area contributed by atoms with Gasteiger partial charge < -0.3 is 9.64 Å². The van der Waals surface area contributed by atoms with E-state index in [4.69, 9.17) is 4.74 Å². The molecule has 1 rings (SSSR count). The van der Waals surface area contributed by atoms with E-state index in [1.807, 2.05) is 17.9 Å². The maximum Gasteiger partial charge on any atom is 0.246 e. The van der Waals surface area contributed by atoms with Crippen LogP contribution in [0.3, 0.4) is 0 Å². The Balaban J connectivity index is 2.04. The van der Waals surface area contributed by atoms with E-state index in [1.54, 1.807) is 6.08 Å². The Kier molecular flexibility index (Phi) is 3.80. The van der Waals surface area contributed by atoms with Crippen molar-refractivity contribution in [1.29, 1.82) is 0 Å². The van der Waals surface area contributed by atoms with Crippen LogP contribution in [0.4, 0.5) is 0 Å². The second-order valence-electron chi connectivity index (χ2n) is 2.74. The number of carbonyl (C=O) groups is 1. The van der Waals surface area contributed by atoms with Gasteiger partial charge in [0.05, 0.1) is 0 Å². The first kappa shape index (κ1) is 9.26. The highest BCUT2D eigenvalue weighted by Crippen LogP contribution is 2.01. The highest BCUT2D eigenvalue weighted by atomic mass is 16.5. The van der Waals surface area contributed by atoms with Crippen LogP contribution in [-0.2, 0) is 9.53 Å². The predicted molar refractivity (Wildman–Crippen MR) is 46.8 cm³/mol. The quantitative estimate of drug-likeness (QED) is 0.570. The van der Waals surface area contributed by atoms with Crippen LogP contribution in [0.1, 0.15) is 13.3 Å². The van der Waals surface area contributed by atoms with Crippen molar-refractivity contribution in [2.24, 2.45) is 0 Å². The molecule has 0 aliphatic carbocycles. The van der Waals surface area contributed by atoms with Crippen LogP contribution in [0.15, 0.2) is 12.2 Å². The van der Waals surface area contributed by atoms with Gasteiger partial charge >= 0.3 is 0 Å². The summed E-state index contributed by atoms with van der Waals surface area (Å²) < 4.78 is 5.17. The number of ether oxygens (including phenoxy) is 1. The monoisotopic (exact) mass is 169 g/mol. The summed E-state index contributed by atoms with van der Waals surface area (Å²) in [5.41, 5.74) is 0. The third-order valence-electron chi connectivity index (χ3n) is 1.82. The third kappa shape index (κ3) is 2.66. The van der Waals surface area contributed by atoms with E-state index >= 15 is 0 Å². The fourth-order valence-corrected chi connectivity index (χ4v) is 1.18.